The fraction of sp³-hybridized carbons (Fsp3) is 0.417. The molecule has 1 N–H and O–H groups in total. The first-order chi connectivity index (χ1) is 14.1. The zero-order valence-corrected chi connectivity index (χ0v) is 16.8. The number of morpholine rings is 1. The largest absolute Gasteiger partial charge is 0.377 e. The monoisotopic (exact) mass is 392 g/mol. The van der Waals surface area contributed by atoms with Gasteiger partial charge in [-0.05, 0) is 61.4 Å². The van der Waals surface area contributed by atoms with Gasteiger partial charge >= 0.3 is 0 Å². The van der Waals surface area contributed by atoms with Crippen molar-refractivity contribution in [2.45, 2.75) is 38.1 Å². The maximum Gasteiger partial charge on any atom is 0.254 e. The van der Waals surface area contributed by atoms with E-state index < -0.39 is 0 Å². The SMILES string of the molecule is CC1COCCN1C(=O)c1ccc(NC(=O)CC(c2ccccc2)C2CC2)cc1. The van der Waals surface area contributed by atoms with Crippen LogP contribution < -0.4 is 5.32 Å². The Balaban J connectivity index is 1.37. The van der Waals surface area contributed by atoms with Gasteiger partial charge in [-0.25, -0.2) is 0 Å². The Morgan fingerprint density at radius 1 is 1.10 bits per heavy atom. The number of rotatable bonds is 6. The minimum atomic E-state index is 0.0107. The van der Waals surface area contributed by atoms with Crippen LogP contribution >= 0.6 is 0 Å². The van der Waals surface area contributed by atoms with Crippen LogP contribution in [-0.4, -0.2) is 42.5 Å². The van der Waals surface area contributed by atoms with Crippen molar-refractivity contribution in [1.29, 1.82) is 0 Å². The van der Waals surface area contributed by atoms with Crippen molar-refractivity contribution >= 4 is 17.5 Å². The van der Waals surface area contributed by atoms with Crippen molar-refractivity contribution in [2.24, 2.45) is 5.92 Å². The predicted octanol–water partition coefficient (Wildman–Crippen LogP) is 4.07. The van der Waals surface area contributed by atoms with Gasteiger partial charge in [-0.1, -0.05) is 30.3 Å². The summed E-state index contributed by atoms with van der Waals surface area (Å²) in [5, 5.41) is 3.00. The van der Waals surface area contributed by atoms with E-state index in [1.54, 1.807) is 12.1 Å². The van der Waals surface area contributed by atoms with Crippen molar-refractivity contribution in [2.75, 3.05) is 25.1 Å². The Morgan fingerprint density at radius 2 is 1.83 bits per heavy atom. The van der Waals surface area contributed by atoms with Gasteiger partial charge in [0.1, 0.15) is 0 Å². The van der Waals surface area contributed by atoms with Gasteiger partial charge in [0.2, 0.25) is 5.91 Å². The molecule has 0 radical (unpaired) electrons. The molecule has 5 nitrogen and oxygen atoms in total. The molecule has 2 fully saturated rings. The molecule has 2 aliphatic rings. The Kier molecular flexibility index (Phi) is 5.95. The lowest BCUT2D eigenvalue weighted by Crippen LogP contribution is -2.47. The van der Waals surface area contributed by atoms with E-state index in [9.17, 15) is 9.59 Å². The van der Waals surface area contributed by atoms with Crippen molar-refractivity contribution in [3.63, 3.8) is 0 Å². The second-order valence-electron chi connectivity index (χ2n) is 8.11. The minimum absolute atomic E-state index is 0.0107. The molecule has 1 aliphatic heterocycles. The summed E-state index contributed by atoms with van der Waals surface area (Å²) in [7, 11) is 0. The smallest absolute Gasteiger partial charge is 0.254 e. The molecular formula is C24H28N2O3. The lowest BCUT2D eigenvalue weighted by atomic mass is 9.91. The van der Waals surface area contributed by atoms with Crippen molar-refractivity contribution in [3.8, 4) is 0 Å². The summed E-state index contributed by atoms with van der Waals surface area (Å²) in [5.74, 6) is 0.918. The van der Waals surface area contributed by atoms with Crippen LogP contribution in [0.2, 0.25) is 0 Å². The summed E-state index contributed by atoms with van der Waals surface area (Å²) in [6.07, 6.45) is 2.88. The fourth-order valence-corrected chi connectivity index (χ4v) is 4.06. The van der Waals surface area contributed by atoms with Crippen LogP contribution in [0.3, 0.4) is 0 Å². The first-order valence-corrected chi connectivity index (χ1v) is 10.5. The Morgan fingerprint density at radius 3 is 2.48 bits per heavy atom. The highest BCUT2D eigenvalue weighted by molar-refractivity contribution is 5.96. The normalized spacial score (nSPS) is 20.2. The number of hydrogen-bond donors (Lipinski definition) is 1. The number of nitrogens with one attached hydrogen (secondary N) is 1. The van der Waals surface area contributed by atoms with Gasteiger partial charge in [0.05, 0.1) is 19.3 Å². The molecule has 5 heteroatoms. The molecule has 2 unspecified atom stereocenters. The van der Waals surface area contributed by atoms with Crippen molar-refractivity contribution in [1.82, 2.24) is 4.90 Å². The second-order valence-corrected chi connectivity index (χ2v) is 8.11. The highest BCUT2D eigenvalue weighted by Gasteiger charge is 2.33. The molecule has 1 aliphatic carbocycles. The topological polar surface area (TPSA) is 58.6 Å². The molecule has 152 valence electrons. The minimum Gasteiger partial charge on any atom is -0.377 e. The molecule has 1 saturated carbocycles. The summed E-state index contributed by atoms with van der Waals surface area (Å²) < 4.78 is 5.40. The molecule has 2 atom stereocenters. The highest BCUT2D eigenvalue weighted by atomic mass is 16.5. The molecule has 4 rings (SSSR count). The molecule has 0 spiro atoms. The average molecular weight is 392 g/mol. The van der Waals surface area contributed by atoms with Crippen LogP contribution in [0.25, 0.3) is 0 Å². The van der Waals surface area contributed by atoms with Gasteiger partial charge in [-0.3, -0.25) is 9.59 Å². The number of ether oxygens (including phenoxy) is 1. The fourth-order valence-electron chi connectivity index (χ4n) is 4.06. The maximum atomic E-state index is 12.7. The predicted molar refractivity (Wildman–Crippen MR) is 113 cm³/mol. The Bertz CT molecular complexity index is 846. The average Bonchev–Trinajstić information content (AvgIpc) is 3.58. The third-order valence-electron chi connectivity index (χ3n) is 5.87. The van der Waals surface area contributed by atoms with Crippen molar-refractivity contribution < 1.29 is 14.3 Å². The molecule has 29 heavy (non-hydrogen) atoms. The van der Waals surface area contributed by atoms with E-state index in [2.05, 4.69) is 17.4 Å². The first-order valence-electron chi connectivity index (χ1n) is 10.5. The van der Waals surface area contributed by atoms with Crippen molar-refractivity contribution in [3.05, 3.63) is 65.7 Å². The van der Waals surface area contributed by atoms with E-state index >= 15 is 0 Å². The van der Waals surface area contributed by atoms with E-state index in [0.717, 1.165) is 5.69 Å². The quantitative estimate of drug-likeness (QED) is 0.806. The second kappa shape index (κ2) is 8.78. The zero-order valence-electron chi connectivity index (χ0n) is 16.8. The summed E-state index contributed by atoms with van der Waals surface area (Å²) in [6.45, 7) is 3.76. The van der Waals surface area contributed by atoms with Gasteiger partial charge in [0.25, 0.3) is 5.91 Å². The first kappa shape index (κ1) is 19.6. The van der Waals surface area contributed by atoms with Crippen LogP contribution in [0.4, 0.5) is 5.69 Å². The zero-order chi connectivity index (χ0) is 20.2. The van der Waals surface area contributed by atoms with Gasteiger partial charge in [-0.15, -0.1) is 0 Å². The number of benzene rings is 2. The molecule has 0 aromatic heterocycles. The van der Waals surface area contributed by atoms with Gasteiger partial charge in [-0.2, -0.15) is 0 Å². The summed E-state index contributed by atoms with van der Waals surface area (Å²) in [4.78, 5) is 27.2. The number of amides is 2. The molecule has 2 amide bonds. The van der Waals surface area contributed by atoms with E-state index in [1.165, 1.54) is 18.4 Å². The lowest BCUT2D eigenvalue weighted by molar-refractivity contribution is -0.116. The molecule has 0 bridgehead atoms. The molecule has 2 aromatic carbocycles. The Labute approximate surface area is 172 Å². The molecular weight excluding hydrogens is 364 g/mol. The number of carbonyl (C=O) groups is 2. The van der Waals surface area contributed by atoms with Crippen LogP contribution in [0.15, 0.2) is 54.6 Å². The summed E-state index contributed by atoms with van der Waals surface area (Å²) in [5.41, 5.74) is 2.60. The van der Waals surface area contributed by atoms with Crippen LogP contribution in [-0.2, 0) is 9.53 Å². The molecule has 2 aromatic rings. The van der Waals surface area contributed by atoms with E-state index in [4.69, 9.17) is 4.74 Å². The molecule has 1 saturated heterocycles. The number of carbonyl (C=O) groups excluding carboxylic acids is 2. The summed E-state index contributed by atoms with van der Waals surface area (Å²) in [6, 6.07) is 17.6. The van der Waals surface area contributed by atoms with Crippen LogP contribution in [0.5, 0.6) is 0 Å². The van der Waals surface area contributed by atoms with E-state index in [0.29, 0.717) is 37.7 Å². The van der Waals surface area contributed by atoms with Crippen LogP contribution in [0.1, 0.15) is 48.0 Å². The standard InChI is InChI=1S/C24H28N2O3/c1-17-16-29-14-13-26(17)24(28)20-9-11-21(12-10-20)25-23(27)15-22(19-7-8-19)18-5-3-2-4-6-18/h2-6,9-12,17,19,22H,7-8,13-16H2,1H3,(H,25,27). The number of hydrogen-bond acceptors (Lipinski definition) is 3. The van der Waals surface area contributed by atoms with Gasteiger partial charge < -0.3 is 15.0 Å². The Hall–Kier alpha value is -2.66. The van der Waals surface area contributed by atoms with Gasteiger partial charge in [0, 0.05) is 24.2 Å². The number of nitrogens with zero attached hydrogens (tertiary/aromatic N) is 1. The van der Waals surface area contributed by atoms with E-state index in [-0.39, 0.29) is 23.8 Å². The highest BCUT2D eigenvalue weighted by Crippen LogP contribution is 2.44. The van der Waals surface area contributed by atoms with Crippen LogP contribution in [0, 0.1) is 5.92 Å². The molecule has 1 heterocycles. The lowest BCUT2D eigenvalue weighted by Gasteiger charge is -2.33. The summed E-state index contributed by atoms with van der Waals surface area (Å²) >= 11 is 0. The number of anilines is 1. The maximum absolute atomic E-state index is 12.7. The third-order valence-corrected chi connectivity index (χ3v) is 5.87. The van der Waals surface area contributed by atoms with Gasteiger partial charge in [0.15, 0.2) is 0 Å². The van der Waals surface area contributed by atoms with E-state index in [1.807, 2.05) is 42.2 Å². The third kappa shape index (κ3) is 4.85.